The number of esters is 1. The van der Waals surface area contributed by atoms with Gasteiger partial charge in [0, 0.05) is 24.7 Å². The number of para-hydroxylation sites is 1. The van der Waals surface area contributed by atoms with Gasteiger partial charge in [0.05, 0.1) is 19.6 Å². The quantitative estimate of drug-likeness (QED) is 0.618. The molecule has 124 valence electrons. The number of ether oxygens (including phenoxy) is 2. The lowest BCUT2D eigenvalue weighted by molar-refractivity contribution is -0.150. The van der Waals surface area contributed by atoms with Crippen molar-refractivity contribution in [1.82, 2.24) is 4.90 Å². The van der Waals surface area contributed by atoms with Crippen LogP contribution in [0.15, 0.2) is 30.3 Å². The Labute approximate surface area is 136 Å². The molecule has 0 radical (unpaired) electrons. The summed E-state index contributed by atoms with van der Waals surface area (Å²) >= 11 is 0. The van der Waals surface area contributed by atoms with E-state index >= 15 is 0 Å². The van der Waals surface area contributed by atoms with Gasteiger partial charge in [0.15, 0.2) is 0 Å². The van der Waals surface area contributed by atoms with Crippen LogP contribution in [0.5, 0.6) is 5.75 Å². The average molecular weight is 317 g/mol. The molecule has 0 unspecified atom stereocenters. The second-order valence-electron chi connectivity index (χ2n) is 5.45. The average Bonchev–Trinajstić information content (AvgIpc) is 2.60. The van der Waals surface area contributed by atoms with Crippen molar-refractivity contribution in [3.63, 3.8) is 0 Å². The molecule has 1 aliphatic heterocycles. The van der Waals surface area contributed by atoms with Gasteiger partial charge in [0.1, 0.15) is 5.75 Å². The minimum absolute atomic E-state index is 0.0927. The Balaban J connectivity index is 1.99. The molecule has 0 N–H and O–H groups in total. The number of methoxy groups -OCH3 is 1. The summed E-state index contributed by atoms with van der Waals surface area (Å²) < 4.78 is 10.3. The van der Waals surface area contributed by atoms with E-state index in [1.807, 2.05) is 24.3 Å². The Morgan fingerprint density at radius 2 is 2.13 bits per heavy atom. The minimum Gasteiger partial charge on any atom is -0.496 e. The number of nitrogens with zero attached hydrogens (tertiary/aromatic N) is 1. The van der Waals surface area contributed by atoms with Gasteiger partial charge in [-0.3, -0.25) is 9.59 Å². The van der Waals surface area contributed by atoms with E-state index in [1.54, 1.807) is 25.0 Å². The minimum atomic E-state index is -0.215. The van der Waals surface area contributed by atoms with Crippen molar-refractivity contribution in [1.29, 1.82) is 0 Å². The van der Waals surface area contributed by atoms with Crippen LogP contribution in [0.3, 0.4) is 0 Å². The maximum atomic E-state index is 12.3. The van der Waals surface area contributed by atoms with Crippen molar-refractivity contribution in [3.05, 3.63) is 35.9 Å². The van der Waals surface area contributed by atoms with E-state index in [0.29, 0.717) is 19.7 Å². The normalized spacial score (nSPS) is 18.0. The summed E-state index contributed by atoms with van der Waals surface area (Å²) in [5.41, 5.74) is 0.849. The van der Waals surface area contributed by atoms with Crippen LogP contribution < -0.4 is 4.74 Å². The highest BCUT2D eigenvalue weighted by Crippen LogP contribution is 2.20. The van der Waals surface area contributed by atoms with Crippen LogP contribution in [-0.2, 0) is 14.3 Å². The molecule has 1 aromatic carbocycles. The summed E-state index contributed by atoms with van der Waals surface area (Å²) in [6, 6.07) is 7.51. The lowest BCUT2D eigenvalue weighted by Crippen LogP contribution is -2.42. The van der Waals surface area contributed by atoms with Crippen LogP contribution in [0, 0.1) is 5.92 Å². The van der Waals surface area contributed by atoms with Gasteiger partial charge in [-0.15, -0.1) is 0 Å². The van der Waals surface area contributed by atoms with Gasteiger partial charge in [-0.2, -0.15) is 0 Å². The van der Waals surface area contributed by atoms with Crippen molar-refractivity contribution in [2.75, 3.05) is 26.8 Å². The third kappa shape index (κ3) is 4.58. The second-order valence-corrected chi connectivity index (χ2v) is 5.45. The molecule has 0 aromatic heterocycles. The molecule has 1 fully saturated rings. The summed E-state index contributed by atoms with van der Waals surface area (Å²) in [5, 5.41) is 0. The number of amides is 1. The van der Waals surface area contributed by atoms with Crippen molar-refractivity contribution >= 4 is 18.0 Å². The van der Waals surface area contributed by atoms with E-state index in [0.717, 1.165) is 24.2 Å². The van der Waals surface area contributed by atoms with E-state index in [1.165, 1.54) is 6.08 Å². The highest BCUT2D eigenvalue weighted by Gasteiger charge is 2.28. The Hall–Kier alpha value is -2.30. The van der Waals surface area contributed by atoms with E-state index in [2.05, 4.69) is 0 Å². The van der Waals surface area contributed by atoms with Gasteiger partial charge >= 0.3 is 5.97 Å². The third-order valence-corrected chi connectivity index (χ3v) is 3.90. The lowest BCUT2D eigenvalue weighted by atomic mass is 9.98. The first kappa shape index (κ1) is 17.1. The Kier molecular flexibility index (Phi) is 6.20. The number of carbonyl (C=O) groups excluding carboxylic acids is 2. The number of rotatable bonds is 5. The number of hydrogen-bond acceptors (Lipinski definition) is 4. The van der Waals surface area contributed by atoms with Crippen molar-refractivity contribution < 1.29 is 19.1 Å². The smallest absolute Gasteiger partial charge is 0.310 e. The lowest BCUT2D eigenvalue weighted by Gasteiger charge is -2.30. The molecule has 1 atom stereocenters. The molecule has 1 aromatic rings. The monoisotopic (exact) mass is 317 g/mol. The number of carbonyl (C=O) groups is 2. The molecule has 1 heterocycles. The molecule has 1 aliphatic rings. The zero-order valence-electron chi connectivity index (χ0n) is 13.7. The number of hydrogen-bond donors (Lipinski definition) is 0. The zero-order valence-corrected chi connectivity index (χ0v) is 13.7. The van der Waals surface area contributed by atoms with E-state index in [-0.39, 0.29) is 17.8 Å². The molecule has 0 aliphatic carbocycles. The maximum Gasteiger partial charge on any atom is 0.310 e. The fourth-order valence-corrected chi connectivity index (χ4v) is 2.70. The number of piperidine rings is 1. The van der Waals surface area contributed by atoms with E-state index in [4.69, 9.17) is 9.47 Å². The predicted molar refractivity (Wildman–Crippen MR) is 88.0 cm³/mol. The van der Waals surface area contributed by atoms with Crippen molar-refractivity contribution in [3.8, 4) is 5.75 Å². The van der Waals surface area contributed by atoms with Gasteiger partial charge in [-0.25, -0.2) is 0 Å². The second kappa shape index (κ2) is 8.36. The fourth-order valence-electron chi connectivity index (χ4n) is 2.70. The van der Waals surface area contributed by atoms with E-state index < -0.39 is 0 Å². The summed E-state index contributed by atoms with van der Waals surface area (Å²) in [6.45, 7) is 3.26. The van der Waals surface area contributed by atoms with Crippen LogP contribution in [0.25, 0.3) is 6.08 Å². The molecule has 23 heavy (non-hydrogen) atoms. The fraction of sp³-hybridized carbons (Fsp3) is 0.444. The molecular formula is C18H23NO4. The molecule has 5 heteroatoms. The van der Waals surface area contributed by atoms with Gasteiger partial charge in [0.25, 0.3) is 0 Å². The number of benzene rings is 1. The molecule has 1 saturated heterocycles. The van der Waals surface area contributed by atoms with Crippen molar-refractivity contribution in [2.45, 2.75) is 19.8 Å². The largest absolute Gasteiger partial charge is 0.496 e. The molecule has 0 spiro atoms. The summed E-state index contributed by atoms with van der Waals surface area (Å²) in [5.74, 6) is 0.204. The maximum absolute atomic E-state index is 12.3. The molecule has 0 bridgehead atoms. The standard InChI is InChI=1S/C18H23NO4/c1-3-23-18(21)15-8-6-12-19(13-15)17(20)11-10-14-7-4-5-9-16(14)22-2/h4-5,7,9-11,15H,3,6,8,12-13H2,1-2H3/b11-10+/t15-/m0/s1. The van der Waals surface area contributed by atoms with Crippen LogP contribution in [-0.4, -0.2) is 43.6 Å². The Morgan fingerprint density at radius 3 is 2.87 bits per heavy atom. The first-order valence-electron chi connectivity index (χ1n) is 7.92. The van der Waals surface area contributed by atoms with Crippen molar-refractivity contribution in [2.24, 2.45) is 5.92 Å². The topological polar surface area (TPSA) is 55.8 Å². The van der Waals surface area contributed by atoms with Crippen LogP contribution in [0.4, 0.5) is 0 Å². The molecule has 0 saturated carbocycles. The van der Waals surface area contributed by atoms with E-state index in [9.17, 15) is 9.59 Å². The Morgan fingerprint density at radius 1 is 1.35 bits per heavy atom. The molecule has 2 rings (SSSR count). The zero-order chi connectivity index (χ0) is 16.7. The first-order valence-corrected chi connectivity index (χ1v) is 7.92. The van der Waals surface area contributed by atoms with Gasteiger partial charge in [-0.1, -0.05) is 18.2 Å². The van der Waals surface area contributed by atoms with Gasteiger partial charge < -0.3 is 14.4 Å². The summed E-state index contributed by atoms with van der Waals surface area (Å²) in [4.78, 5) is 25.9. The molecule has 1 amide bonds. The Bertz CT molecular complexity index is 582. The summed E-state index contributed by atoms with van der Waals surface area (Å²) in [7, 11) is 1.60. The predicted octanol–water partition coefficient (Wildman–Crippen LogP) is 2.51. The first-order chi connectivity index (χ1) is 11.2. The molecular weight excluding hydrogens is 294 g/mol. The third-order valence-electron chi connectivity index (χ3n) is 3.90. The van der Waals surface area contributed by atoms with Gasteiger partial charge in [0.2, 0.25) is 5.91 Å². The van der Waals surface area contributed by atoms with Gasteiger partial charge in [-0.05, 0) is 31.9 Å². The number of likely N-dealkylation sites (tertiary alicyclic amines) is 1. The SMILES string of the molecule is CCOC(=O)[C@H]1CCCN(C(=O)/C=C/c2ccccc2OC)C1. The molecule has 5 nitrogen and oxygen atoms in total. The van der Waals surface area contributed by atoms with Crippen LogP contribution in [0.1, 0.15) is 25.3 Å². The van der Waals surface area contributed by atoms with Crippen LogP contribution in [0.2, 0.25) is 0 Å². The summed E-state index contributed by atoms with van der Waals surface area (Å²) in [6.07, 6.45) is 4.87. The highest BCUT2D eigenvalue weighted by molar-refractivity contribution is 5.92. The van der Waals surface area contributed by atoms with Crippen LogP contribution >= 0.6 is 0 Å². The highest BCUT2D eigenvalue weighted by atomic mass is 16.5.